The van der Waals surface area contributed by atoms with Gasteiger partial charge in [-0.2, -0.15) is 0 Å². The minimum atomic E-state index is -1.22. The van der Waals surface area contributed by atoms with Crippen LogP contribution < -0.4 is 11.1 Å². The normalized spacial score (nSPS) is 13.6. The van der Waals surface area contributed by atoms with Gasteiger partial charge in [0, 0.05) is 6.42 Å². The third kappa shape index (κ3) is 14.1. The van der Waals surface area contributed by atoms with Crippen molar-refractivity contribution in [3.05, 3.63) is 35.9 Å². The quantitative estimate of drug-likeness (QED) is 0.211. The molecular formula is C21H34N3O8+. The van der Waals surface area contributed by atoms with Crippen molar-refractivity contribution in [2.45, 2.75) is 37.5 Å². The van der Waals surface area contributed by atoms with E-state index >= 15 is 0 Å². The number of nitrogens with one attached hydrogen (secondary N) is 1. The molecule has 180 valence electrons. The van der Waals surface area contributed by atoms with Gasteiger partial charge in [-0.05, 0) is 5.56 Å². The highest BCUT2D eigenvalue weighted by Gasteiger charge is 2.25. The number of carbonyl (C=O) groups is 4. The lowest BCUT2D eigenvalue weighted by Gasteiger charge is -2.25. The molecule has 0 aliphatic heterocycles. The van der Waals surface area contributed by atoms with Gasteiger partial charge in [0.25, 0.3) is 0 Å². The van der Waals surface area contributed by atoms with E-state index in [0.29, 0.717) is 11.0 Å². The van der Waals surface area contributed by atoms with Crippen LogP contribution in [0.15, 0.2) is 30.3 Å². The number of nitrogens with two attached hydrogens (primary N) is 1. The zero-order chi connectivity index (χ0) is 24.9. The maximum absolute atomic E-state index is 11.8. The lowest BCUT2D eigenvalue weighted by Crippen LogP contribution is -2.50. The van der Waals surface area contributed by atoms with Gasteiger partial charge in [0.2, 0.25) is 5.91 Å². The van der Waals surface area contributed by atoms with Crippen LogP contribution in [0.25, 0.3) is 0 Å². The van der Waals surface area contributed by atoms with Crippen molar-refractivity contribution in [1.82, 2.24) is 5.32 Å². The predicted octanol–water partition coefficient (Wildman–Crippen LogP) is -0.783. The summed E-state index contributed by atoms with van der Waals surface area (Å²) >= 11 is 0. The number of aliphatic hydroxyl groups excluding tert-OH is 1. The van der Waals surface area contributed by atoms with Crippen LogP contribution in [-0.2, 0) is 30.3 Å². The first-order valence-electron chi connectivity index (χ1n) is 9.85. The first kappa shape index (κ1) is 29.0. The van der Waals surface area contributed by atoms with Crippen LogP contribution in [0.5, 0.6) is 0 Å². The van der Waals surface area contributed by atoms with Crippen LogP contribution >= 0.6 is 0 Å². The van der Waals surface area contributed by atoms with E-state index in [9.17, 15) is 19.2 Å². The molecule has 0 aliphatic carbocycles. The number of nitrogens with zero attached hydrogens (tertiary/aromatic N) is 1. The second-order valence-corrected chi connectivity index (χ2v) is 8.20. The van der Waals surface area contributed by atoms with Gasteiger partial charge in [-0.15, -0.1) is 0 Å². The van der Waals surface area contributed by atoms with Crippen molar-refractivity contribution >= 4 is 23.8 Å². The number of aliphatic hydroxyl groups is 1. The molecule has 0 bridgehead atoms. The van der Waals surface area contributed by atoms with Gasteiger partial charge < -0.3 is 35.6 Å². The number of carboxylic acid groups (broad SMARTS) is 2. The maximum atomic E-state index is 11.8. The Morgan fingerprint density at radius 1 is 1.03 bits per heavy atom. The lowest BCUT2D eigenvalue weighted by atomic mass is 10.1. The Hall–Kier alpha value is -3.02. The molecule has 0 heterocycles. The molecule has 6 N–H and O–H groups in total. The number of carboxylic acids is 2. The van der Waals surface area contributed by atoms with Crippen molar-refractivity contribution in [1.29, 1.82) is 0 Å². The number of ether oxygens (including phenoxy) is 1. The molecule has 3 atom stereocenters. The Kier molecular flexibility index (Phi) is 12.8. The van der Waals surface area contributed by atoms with E-state index in [2.05, 4.69) is 10.1 Å². The SMILES string of the molecule is COC(=O)[C@H](Cc1ccccc1)NC(=O)[C@H](N)CC(=O)O.C[N+](C)(C)C[C@H](O)CC(=O)O. The van der Waals surface area contributed by atoms with E-state index in [0.717, 1.165) is 5.56 Å². The molecule has 0 spiro atoms. The van der Waals surface area contributed by atoms with E-state index < -0.39 is 48.4 Å². The van der Waals surface area contributed by atoms with Crippen molar-refractivity contribution in [2.75, 3.05) is 34.8 Å². The minimum Gasteiger partial charge on any atom is -0.481 e. The molecule has 11 heteroatoms. The van der Waals surface area contributed by atoms with E-state index in [1.54, 1.807) is 12.1 Å². The summed E-state index contributed by atoms with van der Waals surface area (Å²) in [6.07, 6.45) is -1.19. The standard InChI is InChI=1S/C14H18N2O5.C7H15NO3/c1-21-14(20)11(7-9-5-3-2-4-6-9)16-13(19)10(15)8-12(17)18;1-8(2,3)5-6(9)4-7(10)11/h2-6,10-11H,7-8,15H2,1H3,(H,16,19)(H,17,18);6,9H,4-5H2,1-3H3/p+1/t10-,11+;6-/m11/s1. The van der Waals surface area contributed by atoms with Crippen LogP contribution in [0.2, 0.25) is 0 Å². The molecule has 1 aromatic rings. The molecule has 1 aromatic carbocycles. The number of amides is 1. The number of methoxy groups -OCH3 is 1. The van der Waals surface area contributed by atoms with Gasteiger partial charge in [0.15, 0.2) is 0 Å². The average Bonchev–Trinajstić information content (AvgIpc) is 2.65. The zero-order valence-corrected chi connectivity index (χ0v) is 18.9. The molecule has 0 saturated carbocycles. The molecule has 0 aromatic heterocycles. The molecule has 0 radical (unpaired) electrons. The van der Waals surface area contributed by atoms with Crippen LogP contribution in [0.3, 0.4) is 0 Å². The van der Waals surface area contributed by atoms with Crippen LogP contribution in [-0.4, -0.2) is 96.6 Å². The highest BCUT2D eigenvalue weighted by Crippen LogP contribution is 2.05. The molecule has 0 unspecified atom stereocenters. The Morgan fingerprint density at radius 2 is 1.56 bits per heavy atom. The Labute approximate surface area is 187 Å². The van der Waals surface area contributed by atoms with Crippen LogP contribution in [0.4, 0.5) is 0 Å². The fourth-order valence-electron chi connectivity index (χ4n) is 2.64. The zero-order valence-electron chi connectivity index (χ0n) is 18.9. The number of quaternary nitrogens is 1. The maximum Gasteiger partial charge on any atom is 0.328 e. The molecule has 1 amide bonds. The Bertz CT molecular complexity index is 749. The topological polar surface area (TPSA) is 176 Å². The van der Waals surface area contributed by atoms with Gasteiger partial charge in [0.05, 0.1) is 47.1 Å². The predicted molar refractivity (Wildman–Crippen MR) is 115 cm³/mol. The third-order valence-corrected chi connectivity index (χ3v) is 3.98. The summed E-state index contributed by atoms with van der Waals surface area (Å²) < 4.78 is 5.21. The molecule has 32 heavy (non-hydrogen) atoms. The lowest BCUT2D eigenvalue weighted by molar-refractivity contribution is -0.873. The van der Waals surface area contributed by atoms with Gasteiger partial charge in [-0.1, -0.05) is 30.3 Å². The molecular weight excluding hydrogens is 422 g/mol. The number of rotatable bonds is 11. The van der Waals surface area contributed by atoms with E-state index in [1.807, 2.05) is 39.3 Å². The minimum absolute atomic E-state index is 0.171. The van der Waals surface area contributed by atoms with Crippen molar-refractivity contribution in [3.8, 4) is 0 Å². The number of benzene rings is 1. The highest BCUT2D eigenvalue weighted by molar-refractivity contribution is 5.89. The highest BCUT2D eigenvalue weighted by atomic mass is 16.5. The first-order chi connectivity index (χ1) is 14.7. The van der Waals surface area contributed by atoms with Crippen LogP contribution in [0, 0.1) is 0 Å². The van der Waals surface area contributed by atoms with E-state index in [4.69, 9.17) is 21.1 Å². The number of likely N-dealkylation sites (N-methyl/N-ethyl adjacent to an activating group) is 1. The van der Waals surface area contributed by atoms with E-state index in [-0.39, 0.29) is 12.8 Å². The van der Waals surface area contributed by atoms with Crippen molar-refractivity contribution in [2.24, 2.45) is 5.73 Å². The summed E-state index contributed by atoms with van der Waals surface area (Å²) in [6, 6.07) is 6.93. The van der Waals surface area contributed by atoms with Gasteiger partial charge in [0.1, 0.15) is 18.7 Å². The smallest absolute Gasteiger partial charge is 0.328 e. The summed E-state index contributed by atoms with van der Waals surface area (Å²) in [6.45, 7) is 0.465. The van der Waals surface area contributed by atoms with Gasteiger partial charge >= 0.3 is 17.9 Å². The fourth-order valence-corrected chi connectivity index (χ4v) is 2.64. The Balaban J connectivity index is 0.000000739. The number of aliphatic carboxylic acids is 2. The Morgan fingerprint density at radius 3 is 2.00 bits per heavy atom. The first-order valence-corrected chi connectivity index (χ1v) is 9.85. The monoisotopic (exact) mass is 456 g/mol. The molecule has 0 aliphatic rings. The molecule has 1 rings (SSSR count). The summed E-state index contributed by atoms with van der Waals surface area (Å²) in [4.78, 5) is 44.2. The second-order valence-electron chi connectivity index (χ2n) is 8.20. The van der Waals surface area contributed by atoms with Crippen molar-refractivity contribution in [3.63, 3.8) is 0 Å². The molecule has 0 fully saturated rings. The van der Waals surface area contributed by atoms with Crippen molar-refractivity contribution < 1.29 is 43.7 Å². The summed E-state index contributed by atoms with van der Waals surface area (Å²) in [5, 5.41) is 28.5. The third-order valence-electron chi connectivity index (χ3n) is 3.98. The number of carbonyl (C=O) groups excluding carboxylic acids is 2. The second kappa shape index (κ2) is 14.1. The van der Waals surface area contributed by atoms with Crippen LogP contribution in [0.1, 0.15) is 18.4 Å². The summed E-state index contributed by atoms with van der Waals surface area (Å²) in [5.74, 6) is -3.46. The van der Waals surface area contributed by atoms with Gasteiger partial charge in [-0.25, -0.2) is 4.79 Å². The summed E-state index contributed by atoms with van der Waals surface area (Å²) in [7, 11) is 6.94. The van der Waals surface area contributed by atoms with Gasteiger partial charge in [-0.3, -0.25) is 14.4 Å². The molecule has 11 nitrogen and oxygen atoms in total. The summed E-state index contributed by atoms with van der Waals surface area (Å²) in [5.41, 5.74) is 6.29. The van der Waals surface area contributed by atoms with E-state index in [1.165, 1.54) is 7.11 Å². The average molecular weight is 457 g/mol. The number of esters is 1. The largest absolute Gasteiger partial charge is 0.481 e. The fraction of sp³-hybridized carbons (Fsp3) is 0.524. The number of hydrogen-bond acceptors (Lipinski definition) is 7. The number of hydrogen-bond donors (Lipinski definition) is 5. The molecule has 0 saturated heterocycles.